The second-order valence-corrected chi connectivity index (χ2v) is 45.9. The topological polar surface area (TPSA) is 157 Å². The number of rotatable bonds is 10. The first-order valence-electron chi connectivity index (χ1n) is 43.1. The van der Waals surface area contributed by atoms with Crippen molar-refractivity contribution in [1.82, 2.24) is 9.13 Å². The molecule has 0 amide bonds. The largest absolute Gasteiger partial charge is 3.00 e. The Hall–Kier alpha value is -5.66. The zero-order chi connectivity index (χ0) is 97.8. The quantitative estimate of drug-likeness (QED) is 0.103. The van der Waals surface area contributed by atoms with Gasteiger partial charge in [-0.25, -0.2) is 0 Å². The molecule has 0 unspecified atom stereocenters. The number of imidazole rings is 1. The van der Waals surface area contributed by atoms with Gasteiger partial charge in [0, 0.05) is 11.0 Å². The third-order valence-corrected chi connectivity index (χ3v) is 19.4. The molecular weight excluding hydrogens is 1880 g/mol. The Morgan fingerprint density at radius 3 is 0.645 bits per heavy atom. The van der Waals surface area contributed by atoms with Gasteiger partial charge in [0.05, 0.1) is 5.60 Å². The summed E-state index contributed by atoms with van der Waals surface area (Å²) in [5, 5.41) is 57.4. The summed E-state index contributed by atoms with van der Waals surface area (Å²) in [6.45, 7) is 98.2. The standard InChI is InChI=1S/2C25H36N2.2C12H18N.C11H20N3.C6H10.C5H9.C4H7F3O.C4H10O.C3H5.2Mo.W/c2*1-17-11-18(2)14-21(13-17)25(23(5,6)7,27-24(8,9)10)26-22-15-19(3)12-20(4)16-22;2*1-9-6-10(2)8-11(7-9)13-12(3,4)5;1-10(2,3)13-7-8-14(9(13)12)11(4,5)6;1-5-6(2,3)4;1-5(2,3)4;1-3(2,8)4(5,6)7;1-4(2,3)5;1-3-2;;;/h2*11-16H,1-10H3;2*6-8H,1-5H3;7-8H,1-6H3;1H,2-4H3;1-3H3;8H,1-2H3;5H,1-3H3;3H2,1H3;;;/q2*-2;3*-1;;;;;;;+3;+1/t2*25-;;;;;;;;;;;/m00.........../s1. The number of aryl methyl sites for hydroxylation is 12. The molecule has 1 heterocycles. The van der Waals surface area contributed by atoms with E-state index >= 15 is 0 Å². The van der Waals surface area contributed by atoms with E-state index in [1.165, 1.54) is 97.0 Å². The Morgan fingerprint density at radius 2 is 0.532 bits per heavy atom. The molecule has 7 rings (SSSR count). The summed E-state index contributed by atoms with van der Waals surface area (Å²) in [5.41, 5.74) is 16.9. The van der Waals surface area contributed by atoms with E-state index in [2.05, 4.69) is 411 Å². The summed E-state index contributed by atoms with van der Waals surface area (Å²) >= 11 is 3.32. The number of aromatic nitrogens is 2. The van der Waals surface area contributed by atoms with Crippen LogP contribution in [0.4, 0.5) is 35.9 Å². The van der Waals surface area contributed by atoms with Crippen molar-refractivity contribution in [1.29, 1.82) is 0 Å². The van der Waals surface area contributed by atoms with Crippen LogP contribution in [0.5, 0.6) is 0 Å². The Balaban J connectivity index is -0.000000686. The monoisotopic (exact) mass is 2050 g/mol. The van der Waals surface area contributed by atoms with Crippen molar-refractivity contribution >= 4 is 22.7 Å². The van der Waals surface area contributed by atoms with E-state index in [4.69, 9.17) is 37.9 Å². The maximum atomic E-state index is 11.3. The van der Waals surface area contributed by atoms with Crippen LogP contribution in [0.15, 0.2) is 122 Å². The maximum Gasteiger partial charge on any atom is 3.00 e. The van der Waals surface area contributed by atoms with Gasteiger partial charge in [0.25, 0.3) is 0 Å². The van der Waals surface area contributed by atoms with E-state index in [0.29, 0.717) is 24.9 Å². The zero-order valence-electron chi connectivity index (χ0n) is 86.6. The van der Waals surface area contributed by atoms with Gasteiger partial charge in [-0.05, 0) is 162 Å². The molecule has 7 aromatic rings. The van der Waals surface area contributed by atoms with Crippen LogP contribution in [0.2, 0.25) is 0 Å². The number of terminal acetylenes is 1. The molecule has 0 saturated heterocycles. The number of hydrogen-bond donors (Lipinski definition) is 2. The Bertz CT molecular complexity index is 4160. The normalized spacial score (nSPS) is 12.9. The molecule has 0 bridgehead atoms. The van der Waals surface area contributed by atoms with Gasteiger partial charge in [0.15, 0.2) is 5.60 Å². The van der Waals surface area contributed by atoms with Crippen LogP contribution in [0, 0.1) is 125 Å². The first kappa shape index (κ1) is 125. The van der Waals surface area contributed by atoms with Crippen LogP contribution in [-0.2, 0) is 81.8 Å². The number of hydrogen-bond acceptors (Lipinski definition) is 2. The molecule has 0 aliphatic heterocycles. The molecule has 0 saturated carbocycles. The summed E-state index contributed by atoms with van der Waals surface area (Å²) in [4.78, 5) is 0. The summed E-state index contributed by atoms with van der Waals surface area (Å²) in [6, 6.07) is 39.3. The molecule has 0 aliphatic rings. The SMILES string of the molecule is C#CC(C)(C)C.CC(C)(C)O.CC(C)(C)[C]#[W+].CC(C)(C)n1ccn(C(C)(C)C)c1=[N-].CC(C)(O)C(F)(F)F.CC[C]#[Mo].Cc1cc(C)cc([N-]C(C)(C)C)c1.Cc1cc(C)cc([N-]C(C)(C)C)c1.Cc1cc(C)cc([N-][C@]([N-]C(C)(C)C)(c2cc(C)cc(C)c2)C(C)(C)C)c1.Cc1cc(C)cc([N-][C@]([N-]C(C)(C)C)(c2cc(C)cc(C)c2)C(C)(C)C)c1.[Mo+3]. The van der Waals surface area contributed by atoms with Crippen LogP contribution in [0.3, 0.4) is 0 Å². The van der Waals surface area contributed by atoms with Crippen molar-refractivity contribution in [3.8, 4) is 20.7 Å². The molecule has 0 spiro atoms. The summed E-state index contributed by atoms with van der Waals surface area (Å²) in [7, 11) is 0. The van der Waals surface area contributed by atoms with E-state index in [-0.39, 0.29) is 70.5 Å². The fourth-order valence-electron chi connectivity index (χ4n) is 11.8. The molecule has 2 N–H and O–H groups in total. The predicted molar refractivity (Wildman–Crippen MR) is 525 cm³/mol. The number of halogens is 3. The van der Waals surface area contributed by atoms with Crippen molar-refractivity contribution < 1.29 is 82.8 Å². The molecular formula is C107H169F3Mo2N9O2W-3. The van der Waals surface area contributed by atoms with E-state index in [1.54, 1.807) is 20.8 Å². The fourth-order valence-corrected chi connectivity index (χ4v) is 11.8. The number of alkyl halides is 3. The molecule has 1 radical (unpaired) electrons. The third-order valence-electron chi connectivity index (χ3n) is 16.5. The third kappa shape index (κ3) is 54.0. The molecule has 0 fully saturated rings. The van der Waals surface area contributed by atoms with E-state index in [0.717, 1.165) is 29.2 Å². The second-order valence-electron chi connectivity index (χ2n) is 44.5. The predicted octanol–water partition coefficient (Wildman–Crippen LogP) is 32.7. The van der Waals surface area contributed by atoms with Gasteiger partial charge in [0.1, 0.15) is 0 Å². The minimum atomic E-state index is -4.51. The van der Waals surface area contributed by atoms with Crippen LogP contribution in [0.1, 0.15) is 334 Å². The van der Waals surface area contributed by atoms with Gasteiger partial charge in [-0.2, -0.15) is 24.5 Å². The van der Waals surface area contributed by atoms with Crippen LogP contribution in [-0.4, -0.2) is 58.9 Å². The van der Waals surface area contributed by atoms with Gasteiger partial charge in [-0.15, -0.1) is 57.2 Å². The van der Waals surface area contributed by atoms with Crippen molar-refractivity contribution in [2.75, 3.05) is 0 Å². The summed E-state index contributed by atoms with van der Waals surface area (Å²) in [5.74, 6) is 2.60. The minimum absolute atomic E-state index is 0. The fraction of sp³-hybridized carbons (Fsp3) is 0.598. The first-order chi connectivity index (χ1) is 54.6. The van der Waals surface area contributed by atoms with Crippen LogP contribution < -0.4 is 5.62 Å². The average Bonchev–Trinajstić information content (AvgIpc) is 0.859. The second kappa shape index (κ2) is 50.5. The minimum Gasteiger partial charge on any atom is -0.693 e. The molecule has 17 heteroatoms. The summed E-state index contributed by atoms with van der Waals surface area (Å²) < 4.78 is 43.8. The van der Waals surface area contributed by atoms with Gasteiger partial charge < -0.3 is 56.7 Å². The molecule has 6 aromatic carbocycles. The zero-order valence-corrected chi connectivity index (χ0v) is 93.6. The first-order valence-corrected chi connectivity index (χ1v) is 45.5. The van der Waals surface area contributed by atoms with Crippen molar-refractivity contribution in [3.05, 3.63) is 242 Å². The average molecular weight is 2050 g/mol. The van der Waals surface area contributed by atoms with Crippen LogP contribution in [0.25, 0.3) is 37.3 Å². The van der Waals surface area contributed by atoms with Crippen molar-refractivity contribution in [2.45, 2.75) is 401 Å². The van der Waals surface area contributed by atoms with Crippen LogP contribution >= 0.6 is 0 Å². The molecule has 124 heavy (non-hydrogen) atoms. The maximum absolute atomic E-state index is 11.3. The number of aliphatic hydroxyl groups is 2. The summed E-state index contributed by atoms with van der Waals surface area (Å²) in [6.07, 6.45) is 5.46. The Morgan fingerprint density at radius 1 is 0.363 bits per heavy atom. The molecule has 2 atom stereocenters. The van der Waals surface area contributed by atoms with Gasteiger partial charge in [-0.1, -0.05) is 364 Å². The number of nitrogens with zero attached hydrogens (tertiary/aromatic N) is 9. The van der Waals surface area contributed by atoms with E-state index in [9.17, 15) is 18.6 Å². The van der Waals surface area contributed by atoms with E-state index in [1.807, 2.05) is 61.5 Å². The molecule has 1 aromatic heterocycles. The van der Waals surface area contributed by atoms with Gasteiger partial charge >= 0.3 is 113 Å². The van der Waals surface area contributed by atoms with Crippen molar-refractivity contribution in [3.63, 3.8) is 0 Å². The van der Waals surface area contributed by atoms with E-state index < -0.39 is 28.7 Å². The molecule has 0 aliphatic carbocycles. The Labute approximate surface area is 793 Å². The van der Waals surface area contributed by atoms with Gasteiger partial charge in [-0.3, -0.25) is 0 Å². The van der Waals surface area contributed by atoms with Crippen molar-refractivity contribution in [2.24, 2.45) is 21.7 Å². The van der Waals surface area contributed by atoms with Gasteiger partial charge in [0.2, 0.25) is 0 Å². The molecule has 11 nitrogen and oxygen atoms in total. The smallest absolute Gasteiger partial charge is 0.693 e. The molecule has 696 valence electrons. The Kier molecular flexibility index (Phi) is 50.8. The number of benzene rings is 6.